The van der Waals surface area contributed by atoms with Crippen LogP contribution in [0.15, 0.2) is 42.1 Å². The number of benzene rings is 2. The van der Waals surface area contributed by atoms with Crippen molar-refractivity contribution in [2.24, 2.45) is 0 Å². The fraction of sp³-hybridized carbons (Fsp3) is 0.360. The Balaban J connectivity index is 1.69. The van der Waals surface area contributed by atoms with E-state index in [4.69, 9.17) is 16.3 Å². The molecule has 1 N–H and O–H groups in total. The molecule has 1 fully saturated rings. The van der Waals surface area contributed by atoms with Crippen LogP contribution in [-0.2, 0) is 14.3 Å². The first-order chi connectivity index (χ1) is 15.3. The van der Waals surface area contributed by atoms with Crippen LogP contribution in [0.1, 0.15) is 22.3 Å². The lowest BCUT2D eigenvalue weighted by Gasteiger charge is -2.28. The van der Waals surface area contributed by atoms with Crippen molar-refractivity contribution in [3.8, 4) is 0 Å². The lowest BCUT2D eigenvalue weighted by atomic mass is 9.97. The lowest BCUT2D eigenvalue weighted by molar-refractivity contribution is -0.137. The fourth-order valence-electron chi connectivity index (χ4n) is 4.17. The number of carbonyl (C=O) groups is 2. The highest BCUT2D eigenvalue weighted by molar-refractivity contribution is 6.37. The van der Waals surface area contributed by atoms with Gasteiger partial charge in [-0.1, -0.05) is 41.4 Å². The summed E-state index contributed by atoms with van der Waals surface area (Å²) in [6.45, 7) is 9.84. The number of hydrogen-bond donors (Lipinski definition) is 1. The summed E-state index contributed by atoms with van der Waals surface area (Å²) in [5.41, 5.74) is 5.19. The fourth-order valence-corrected chi connectivity index (χ4v) is 4.34. The zero-order valence-corrected chi connectivity index (χ0v) is 19.5. The molecular formula is C25H28ClN3O3. The van der Waals surface area contributed by atoms with E-state index in [1.165, 1.54) is 4.90 Å². The Morgan fingerprint density at radius 3 is 2.41 bits per heavy atom. The Labute approximate surface area is 193 Å². The Bertz CT molecular complexity index is 1090. The van der Waals surface area contributed by atoms with Crippen LogP contribution < -0.4 is 5.32 Å². The minimum Gasteiger partial charge on any atom is -0.379 e. The third-order valence-corrected chi connectivity index (χ3v) is 6.26. The van der Waals surface area contributed by atoms with Gasteiger partial charge >= 0.3 is 0 Å². The van der Waals surface area contributed by atoms with E-state index in [-0.39, 0.29) is 11.8 Å². The van der Waals surface area contributed by atoms with Crippen molar-refractivity contribution in [1.82, 2.24) is 9.80 Å². The summed E-state index contributed by atoms with van der Waals surface area (Å²) in [5, 5.41) is 3.80. The highest BCUT2D eigenvalue weighted by Gasteiger charge is 2.39. The second kappa shape index (κ2) is 9.45. The van der Waals surface area contributed by atoms with Crippen LogP contribution in [0, 0.1) is 20.8 Å². The molecule has 7 heteroatoms. The molecule has 0 spiro atoms. The summed E-state index contributed by atoms with van der Waals surface area (Å²) in [7, 11) is 0. The van der Waals surface area contributed by atoms with Crippen molar-refractivity contribution in [3.63, 3.8) is 0 Å². The predicted octanol–water partition coefficient (Wildman–Crippen LogP) is 3.79. The zero-order valence-electron chi connectivity index (χ0n) is 18.7. The molecular weight excluding hydrogens is 426 g/mol. The smallest absolute Gasteiger partial charge is 0.278 e. The largest absolute Gasteiger partial charge is 0.379 e. The second-order valence-corrected chi connectivity index (χ2v) is 8.81. The third kappa shape index (κ3) is 4.58. The average molecular weight is 454 g/mol. The van der Waals surface area contributed by atoms with Gasteiger partial charge in [0.1, 0.15) is 5.70 Å². The molecule has 2 aromatic carbocycles. The molecule has 2 aromatic rings. The van der Waals surface area contributed by atoms with Crippen LogP contribution in [0.4, 0.5) is 5.69 Å². The van der Waals surface area contributed by atoms with Crippen LogP contribution >= 0.6 is 11.6 Å². The van der Waals surface area contributed by atoms with Crippen molar-refractivity contribution in [2.75, 3.05) is 44.7 Å². The summed E-state index contributed by atoms with van der Waals surface area (Å²) in [5.74, 6) is -0.574. The monoisotopic (exact) mass is 453 g/mol. The summed E-state index contributed by atoms with van der Waals surface area (Å²) < 4.78 is 5.40. The van der Waals surface area contributed by atoms with Crippen LogP contribution in [0.3, 0.4) is 0 Å². The van der Waals surface area contributed by atoms with E-state index in [9.17, 15) is 9.59 Å². The second-order valence-electron chi connectivity index (χ2n) is 8.37. The number of aryl methyl sites for hydroxylation is 3. The minimum atomic E-state index is -0.308. The van der Waals surface area contributed by atoms with Gasteiger partial charge in [0.05, 0.1) is 18.8 Å². The summed E-state index contributed by atoms with van der Waals surface area (Å²) >= 11 is 6.19. The van der Waals surface area contributed by atoms with Gasteiger partial charge in [0, 0.05) is 36.9 Å². The van der Waals surface area contributed by atoms with E-state index in [1.807, 2.05) is 45.0 Å². The molecule has 0 aliphatic carbocycles. The van der Waals surface area contributed by atoms with Crippen molar-refractivity contribution >= 4 is 34.7 Å². The molecule has 2 aliphatic heterocycles. The number of amides is 2. The number of nitrogens with zero attached hydrogens (tertiary/aromatic N) is 2. The van der Waals surface area contributed by atoms with Gasteiger partial charge in [0.2, 0.25) is 0 Å². The van der Waals surface area contributed by atoms with Crippen molar-refractivity contribution in [1.29, 1.82) is 0 Å². The Morgan fingerprint density at radius 2 is 1.69 bits per heavy atom. The molecule has 4 rings (SSSR count). The van der Waals surface area contributed by atoms with Crippen molar-refractivity contribution in [3.05, 3.63) is 69.4 Å². The summed E-state index contributed by atoms with van der Waals surface area (Å²) in [4.78, 5) is 30.5. The van der Waals surface area contributed by atoms with Crippen molar-refractivity contribution in [2.45, 2.75) is 20.8 Å². The van der Waals surface area contributed by atoms with Crippen LogP contribution in [0.2, 0.25) is 5.02 Å². The molecule has 0 saturated carbocycles. The van der Waals surface area contributed by atoms with Crippen LogP contribution in [0.25, 0.3) is 5.57 Å². The van der Waals surface area contributed by atoms with Crippen LogP contribution in [-0.4, -0.2) is 61.0 Å². The molecule has 2 amide bonds. The average Bonchev–Trinajstić information content (AvgIpc) is 2.99. The number of anilines is 1. The number of imide groups is 1. The Morgan fingerprint density at radius 1 is 0.938 bits per heavy atom. The van der Waals surface area contributed by atoms with E-state index in [0.29, 0.717) is 48.3 Å². The van der Waals surface area contributed by atoms with Gasteiger partial charge in [-0.15, -0.1) is 0 Å². The zero-order chi connectivity index (χ0) is 22.8. The molecule has 2 aliphatic rings. The molecule has 0 atom stereocenters. The van der Waals surface area contributed by atoms with Crippen LogP contribution in [0.5, 0.6) is 0 Å². The summed E-state index contributed by atoms with van der Waals surface area (Å²) in [6.07, 6.45) is 0. The molecule has 6 nitrogen and oxygen atoms in total. The molecule has 0 unspecified atom stereocenters. The number of nitrogens with one attached hydrogen (secondary N) is 1. The SMILES string of the molecule is Cc1ccc(C2=C(Nc3cc(Cl)ccc3C)C(=O)N(CCN3CCOCC3)C2=O)c(C)c1. The van der Waals surface area contributed by atoms with E-state index in [0.717, 1.165) is 35.3 Å². The standard InChI is InChI=1S/C25H28ClN3O3/c1-16-4-7-20(18(3)14-16)22-23(27-21-15-19(26)6-5-17(21)2)25(31)29(24(22)30)9-8-28-10-12-32-13-11-28/h4-7,14-15,27H,8-13H2,1-3H3. The highest BCUT2D eigenvalue weighted by atomic mass is 35.5. The quantitative estimate of drug-likeness (QED) is 0.674. The molecule has 168 valence electrons. The molecule has 32 heavy (non-hydrogen) atoms. The van der Waals surface area contributed by atoms with E-state index >= 15 is 0 Å². The van der Waals surface area contributed by atoms with Gasteiger partial charge in [-0.05, 0) is 49.6 Å². The maximum absolute atomic E-state index is 13.5. The number of morpholine rings is 1. The number of carbonyl (C=O) groups excluding carboxylic acids is 2. The van der Waals surface area contributed by atoms with Gasteiger partial charge in [0.25, 0.3) is 11.8 Å². The molecule has 0 aromatic heterocycles. The maximum atomic E-state index is 13.5. The van der Waals surface area contributed by atoms with Gasteiger partial charge in [-0.3, -0.25) is 19.4 Å². The number of halogens is 1. The number of rotatable bonds is 6. The maximum Gasteiger partial charge on any atom is 0.278 e. The minimum absolute atomic E-state index is 0.266. The lowest BCUT2D eigenvalue weighted by Crippen LogP contribution is -2.43. The Kier molecular flexibility index (Phi) is 6.65. The molecule has 0 radical (unpaired) electrons. The van der Waals surface area contributed by atoms with Gasteiger partial charge in [0.15, 0.2) is 0 Å². The first kappa shape index (κ1) is 22.5. The van der Waals surface area contributed by atoms with E-state index < -0.39 is 0 Å². The molecule has 2 heterocycles. The van der Waals surface area contributed by atoms with Gasteiger partial charge in [-0.2, -0.15) is 0 Å². The number of hydrogen-bond acceptors (Lipinski definition) is 5. The first-order valence-electron chi connectivity index (χ1n) is 10.9. The van der Waals surface area contributed by atoms with Gasteiger partial charge in [-0.25, -0.2) is 0 Å². The number of ether oxygens (including phenoxy) is 1. The first-order valence-corrected chi connectivity index (χ1v) is 11.2. The predicted molar refractivity (Wildman–Crippen MR) is 127 cm³/mol. The van der Waals surface area contributed by atoms with E-state index in [2.05, 4.69) is 10.2 Å². The highest BCUT2D eigenvalue weighted by Crippen LogP contribution is 2.33. The molecule has 0 bridgehead atoms. The normalized spacial score (nSPS) is 17.4. The van der Waals surface area contributed by atoms with Gasteiger partial charge < -0.3 is 10.1 Å². The van der Waals surface area contributed by atoms with E-state index in [1.54, 1.807) is 12.1 Å². The third-order valence-electron chi connectivity index (χ3n) is 6.02. The summed E-state index contributed by atoms with van der Waals surface area (Å²) in [6, 6.07) is 11.4. The molecule has 1 saturated heterocycles. The topological polar surface area (TPSA) is 61.9 Å². The van der Waals surface area contributed by atoms with Crippen molar-refractivity contribution < 1.29 is 14.3 Å². The Hall–Kier alpha value is -2.67.